The lowest BCUT2D eigenvalue weighted by atomic mass is 10.1. The van der Waals surface area contributed by atoms with E-state index in [0.717, 1.165) is 42.5 Å². The van der Waals surface area contributed by atoms with Gasteiger partial charge in [0.15, 0.2) is 0 Å². The Morgan fingerprint density at radius 2 is 1.67 bits per heavy atom. The molecular weight excluding hydrogens is 262 g/mol. The van der Waals surface area contributed by atoms with Crippen molar-refractivity contribution in [1.29, 1.82) is 0 Å². The SMILES string of the molecule is CCNCc1c(C)nc(Cc2ccc(OC)cc2)nc1C. The molecule has 0 bridgehead atoms. The highest BCUT2D eigenvalue weighted by molar-refractivity contribution is 5.30. The summed E-state index contributed by atoms with van der Waals surface area (Å²) in [6.45, 7) is 7.99. The third kappa shape index (κ3) is 4.02. The fraction of sp³-hybridized carbons (Fsp3) is 0.412. The van der Waals surface area contributed by atoms with Crippen molar-refractivity contribution in [1.82, 2.24) is 15.3 Å². The Kier molecular flexibility index (Phi) is 5.28. The van der Waals surface area contributed by atoms with Gasteiger partial charge in [-0.15, -0.1) is 0 Å². The van der Waals surface area contributed by atoms with E-state index in [1.54, 1.807) is 7.11 Å². The molecule has 0 aliphatic heterocycles. The summed E-state index contributed by atoms with van der Waals surface area (Å²) in [5.41, 5.74) is 4.52. The Balaban J connectivity index is 2.16. The predicted octanol–water partition coefficient (Wildman–Crippen LogP) is 2.80. The molecule has 2 rings (SSSR count). The number of hydrogen-bond acceptors (Lipinski definition) is 4. The average molecular weight is 285 g/mol. The summed E-state index contributed by atoms with van der Waals surface area (Å²) >= 11 is 0. The first-order chi connectivity index (χ1) is 10.1. The largest absolute Gasteiger partial charge is 0.497 e. The van der Waals surface area contributed by atoms with Crippen LogP contribution in [0.15, 0.2) is 24.3 Å². The molecule has 0 saturated heterocycles. The highest BCUT2D eigenvalue weighted by Crippen LogP contribution is 2.15. The molecule has 0 saturated carbocycles. The van der Waals surface area contributed by atoms with E-state index in [4.69, 9.17) is 4.74 Å². The number of ether oxygens (including phenoxy) is 1. The van der Waals surface area contributed by atoms with Gasteiger partial charge in [-0.2, -0.15) is 0 Å². The molecular formula is C17H23N3O. The fourth-order valence-corrected chi connectivity index (χ4v) is 2.32. The van der Waals surface area contributed by atoms with Crippen LogP contribution in [0.2, 0.25) is 0 Å². The number of nitrogens with zero attached hydrogens (tertiary/aromatic N) is 2. The van der Waals surface area contributed by atoms with Gasteiger partial charge in [0.1, 0.15) is 11.6 Å². The normalized spacial score (nSPS) is 10.7. The number of methoxy groups -OCH3 is 1. The van der Waals surface area contributed by atoms with Crippen LogP contribution in [0.3, 0.4) is 0 Å². The van der Waals surface area contributed by atoms with Gasteiger partial charge in [-0.25, -0.2) is 9.97 Å². The smallest absolute Gasteiger partial charge is 0.133 e. The monoisotopic (exact) mass is 285 g/mol. The standard InChI is InChI=1S/C17H23N3O/c1-5-18-11-16-12(2)19-17(20-13(16)3)10-14-6-8-15(21-4)9-7-14/h6-9,18H,5,10-11H2,1-4H3. The van der Waals surface area contributed by atoms with Crippen LogP contribution in [0.5, 0.6) is 5.75 Å². The summed E-state index contributed by atoms with van der Waals surface area (Å²) in [5.74, 6) is 1.74. The average Bonchev–Trinajstić information content (AvgIpc) is 2.47. The molecule has 0 radical (unpaired) electrons. The molecule has 0 unspecified atom stereocenters. The van der Waals surface area contributed by atoms with Crippen LogP contribution in [0.4, 0.5) is 0 Å². The van der Waals surface area contributed by atoms with Crippen molar-refractivity contribution in [3.8, 4) is 5.75 Å². The number of aromatic nitrogens is 2. The van der Waals surface area contributed by atoms with E-state index in [-0.39, 0.29) is 0 Å². The molecule has 2 aromatic rings. The summed E-state index contributed by atoms with van der Waals surface area (Å²) in [4.78, 5) is 9.28. The second-order valence-corrected chi connectivity index (χ2v) is 5.09. The third-order valence-corrected chi connectivity index (χ3v) is 3.54. The Morgan fingerprint density at radius 1 is 1.05 bits per heavy atom. The first kappa shape index (κ1) is 15.4. The zero-order chi connectivity index (χ0) is 15.2. The Labute approximate surface area is 126 Å². The molecule has 4 heteroatoms. The Bertz CT molecular complexity index is 570. The summed E-state index contributed by atoms with van der Waals surface area (Å²) in [7, 11) is 1.67. The molecule has 1 heterocycles. The molecule has 4 nitrogen and oxygen atoms in total. The molecule has 0 fully saturated rings. The molecule has 0 amide bonds. The van der Waals surface area contributed by atoms with E-state index in [2.05, 4.69) is 48.2 Å². The van der Waals surface area contributed by atoms with Crippen LogP contribution in [0, 0.1) is 13.8 Å². The van der Waals surface area contributed by atoms with E-state index in [0.29, 0.717) is 0 Å². The van der Waals surface area contributed by atoms with Crippen molar-refractivity contribution in [2.75, 3.05) is 13.7 Å². The van der Waals surface area contributed by atoms with Gasteiger partial charge in [0, 0.05) is 29.9 Å². The van der Waals surface area contributed by atoms with Crippen LogP contribution in [-0.2, 0) is 13.0 Å². The number of hydrogen-bond donors (Lipinski definition) is 1. The van der Waals surface area contributed by atoms with Crippen LogP contribution >= 0.6 is 0 Å². The molecule has 112 valence electrons. The first-order valence-electron chi connectivity index (χ1n) is 7.30. The molecule has 0 aliphatic rings. The second-order valence-electron chi connectivity index (χ2n) is 5.09. The van der Waals surface area contributed by atoms with Crippen molar-refractivity contribution in [3.63, 3.8) is 0 Å². The highest BCUT2D eigenvalue weighted by Gasteiger charge is 2.08. The maximum absolute atomic E-state index is 5.17. The van der Waals surface area contributed by atoms with Gasteiger partial charge < -0.3 is 10.1 Å². The lowest BCUT2D eigenvalue weighted by Crippen LogP contribution is -2.16. The van der Waals surface area contributed by atoms with E-state index >= 15 is 0 Å². The number of aryl methyl sites for hydroxylation is 2. The van der Waals surface area contributed by atoms with Gasteiger partial charge in [-0.05, 0) is 38.1 Å². The Morgan fingerprint density at radius 3 is 2.19 bits per heavy atom. The van der Waals surface area contributed by atoms with Crippen LogP contribution in [0.1, 0.15) is 35.3 Å². The van der Waals surface area contributed by atoms with Gasteiger partial charge in [0.2, 0.25) is 0 Å². The first-order valence-corrected chi connectivity index (χ1v) is 7.30. The quantitative estimate of drug-likeness (QED) is 0.886. The van der Waals surface area contributed by atoms with E-state index < -0.39 is 0 Å². The minimum atomic E-state index is 0.743. The molecule has 0 aliphatic carbocycles. The maximum atomic E-state index is 5.17. The molecule has 1 aromatic carbocycles. The molecule has 0 atom stereocenters. The minimum absolute atomic E-state index is 0.743. The lowest BCUT2D eigenvalue weighted by molar-refractivity contribution is 0.414. The number of rotatable bonds is 6. The van der Waals surface area contributed by atoms with Crippen molar-refractivity contribution in [2.45, 2.75) is 33.7 Å². The summed E-state index contributed by atoms with van der Waals surface area (Å²) in [5, 5.41) is 3.33. The summed E-state index contributed by atoms with van der Waals surface area (Å²) in [6, 6.07) is 8.04. The fourth-order valence-electron chi connectivity index (χ4n) is 2.32. The zero-order valence-electron chi connectivity index (χ0n) is 13.2. The molecule has 21 heavy (non-hydrogen) atoms. The van der Waals surface area contributed by atoms with Crippen molar-refractivity contribution < 1.29 is 4.74 Å². The number of benzene rings is 1. The summed E-state index contributed by atoms with van der Waals surface area (Å²) < 4.78 is 5.17. The van der Waals surface area contributed by atoms with E-state index in [1.807, 2.05) is 12.1 Å². The second kappa shape index (κ2) is 7.18. The summed E-state index contributed by atoms with van der Waals surface area (Å²) in [6.07, 6.45) is 0.743. The van der Waals surface area contributed by atoms with Gasteiger partial charge >= 0.3 is 0 Å². The van der Waals surface area contributed by atoms with Gasteiger partial charge in [-0.1, -0.05) is 19.1 Å². The van der Waals surface area contributed by atoms with Crippen molar-refractivity contribution in [3.05, 3.63) is 52.6 Å². The van der Waals surface area contributed by atoms with Crippen molar-refractivity contribution in [2.24, 2.45) is 0 Å². The molecule has 0 spiro atoms. The Hall–Kier alpha value is -1.94. The van der Waals surface area contributed by atoms with Gasteiger partial charge in [0.05, 0.1) is 7.11 Å². The third-order valence-electron chi connectivity index (χ3n) is 3.54. The number of nitrogens with one attached hydrogen (secondary N) is 1. The van der Waals surface area contributed by atoms with E-state index in [9.17, 15) is 0 Å². The minimum Gasteiger partial charge on any atom is -0.497 e. The topological polar surface area (TPSA) is 47.0 Å². The molecule has 1 aromatic heterocycles. The van der Waals surface area contributed by atoms with Gasteiger partial charge in [-0.3, -0.25) is 0 Å². The van der Waals surface area contributed by atoms with Gasteiger partial charge in [0.25, 0.3) is 0 Å². The van der Waals surface area contributed by atoms with Crippen LogP contribution in [0.25, 0.3) is 0 Å². The molecule has 1 N–H and O–H groups in total. The maximum Gasteiger partial charge on any atom is 0.133 e. The van der Waals surface area contributed by atoms with Crippen LogP contribution < -0.4 is 10.1 Å². The predicted molar refractivity (Wildman–Crippen MR) is 84.7 cm³/mol. The van der Waals surface area contributed by atoms with Crippen molar-refractivity contribution >= 4 is 0 Å². The zero-order valence-corrected chi connectivity index (χ0v) is 13.2. The van der Waals surface area contributed by atoms with E-state index in [1.165, 1.54) is 11.1 Å². The lowest BCUT2D eigenvalue weighted by Gasteiger charge is -2.11. The highest BCUT2D eigenvalue weighted by atomic mass is 16.5. The van der Waals surface area contributed by atoms with Crippen LogP contribution in [-0.4, -0.2) is 23.6 Å².